The quantitative estimate of drug-likeness (QED) is 0.573. The number of ether oxygens (including phenoxy) is 5. The Kier molecular flexibility index (Phi) is 7.89. The molecule has 2 saturated heterocycles. The van der Waals surface area contributed by atoms with Crippen molar-refractivity contribution in [1.29, 1.82) is 0 Å². The Morgan fingerprint density at radius 1 is 0.967 bits per heavy atom. The van der Waals surface area contributed by atoms with Gasteiger partial charge in [-0.1, -0.05) is 19.8 Å². The Labute approximate surface area is 171 Å². The van der Waals surface area contributed by atoms with Crippen LogP contribution in [-0.4, -0.2) is 45.5 Å². The summed E-state index contributed by atoms with van der Waals surface area (Å²) in [5, 5.41) is 0. The molecule has 0 atom stereocenters. The molecule has 30 heavy (non-hydrogen) atoms. The molecule has 2 heterocycles. The highest BCUT2D eigenvalue weighted by atomic mass is 19.4. The van der Waals surface area contributed by atoms with Gasteiger partial charge in [-0.15, -0.1) is 0 Å². The summed E-state index contributed by atoms with van der Waals surface area (Å²) in [5.74, 6) is -3.45. The van der Waals surface area contributed by atoms with Crippen LogP contribution in [0.3, 0.4) is 0 Å². The van der Waals surface area contributed by atoms with Crippen molar-refractivity contribution >= 4 is 0 Å². The first kappa shape index (κ1) is 23.2. The summed E-state index contributed by atoms with van der Waals surface area (Å²) in [6.07, 6.45) is -2.96. The van der Waals surface area contributed by atoms with Gasteiger partial charge in [-0.05, 0) is 18.6 Å². The van der Waals surface area contributed by atoms with Gasteiger partial charge in [0.15, 0.2) is 36.6 Å². The van der Waals surface area contributed by atoms with Crippen LogP contribution in [0.4, 0.5) is 22.0 Å². The number of alkyl halides is 3. The minimum Gasteiger partial charge on any atom is -0.478 e. The van der Waals surface area contributed by atoms with Crippen molar-refractivity contribution in [3.8, 4) is 5.75 Å². The number of unbranched alkanes of at least 4 members (excludes halogenated alkanes) is 1. The topological polar surface area (TPSA) is 46.2 Å². The standard InChI is InChI=1S/C20H25F5O5/c1-2-3-4-12-7-26-19(27-8-12)14-9-28-18(29-10-14)13-5-15(21)17(16(22)6-13)30-11-20(23,24)25/h5-6,12,14,18-19H,2-4,7-11H2,1H3. The molecule has 0 unspecified atom stereocenters. The lowest BCUT2D eigenvalue weighted by Gasteiger charge is -2.37. The lowest BCUT2D eigenvalue weighted by atomic mass is 10.0. The van der Waals surface area contributed by atoms with Crippen molar-refractivity contribution in [2.75, 3.05) is 33.0 Å². The molecule has 170 valence electrons. The molecule has 0 saturated carbocycles. The molecular formula is C20H25F5O5. The van der Waals surface area contributed by atoms with Gasteiger partial charge in [-0.3, -0.25) is 0 Å². The maximum absolute atomic E-state index is 14.1. The van der Waals surface area contributed by atoms with Crippen molar-refractivity contribution in [3.63, 3.8) is 0 Å². The molecule has 0 spiro atoms. The maximum Gasteiger partial charge on any atom is 0.422 e. The highest BCUT2D eigenvalue weighted by Gasteiger charge is 2.35. The molecule has 10 heteroatoms. The monoisotopic (exact) mass is 440 g/mol. The molecule has 1 aromatic carbocycles. The van der Waals surface area contributed by atoms with Gasteiger partial charge < -0.3 is 23.7 Å². The lowest BCUT2D eigenvalue weighted by molar-refractivity contribution is -0.283. The van der Waals surface area contributed by atoms with E-state index < -0.39 is 42.7 Å². The van der Waals surface area contributed by atoms with Crippen LogP contribution in [0.2, 0.25) is 0 Å². The van der Waals surface area contributed by atoms with Gasteiger partial charge in [-0.25, -0.2) is 8.78 Å². The molecule has 2 fully saturated rings. The molecule has 0 amide bonds. The van der Waals surface area contributed by atoms with E-state index in [1.807, 2.05) is 0 Å². The SMILES string of the molecule is CCCCC1COC(C2COC(c3cc(F)c(OCC(F)(F)F)c(F)c3)OC2)OC1. The van der Waals surface area contributed by atoms with Crippen LogP contribution in [0.25, 0.3) is 0 Å². The Hall–Kier alpha value is -1.49. The number of hydrogen-bond donors (Lipinski definition) is 0. The molecule has 3 rings (SSSR count). The van der Waals surface area contributed by atoms with E-state index in [2.05, 4.69) is 11.7 Å². The molecule has 2 aliphatic rings. The van der Waals surface area contributed by atoms with Gasteiger partial charge in [0.05, 0.1) is 32.3 Å². The van der Waals surface area contributed by atoms with Gasteiger partial charge in [0, 0.05) is 11.5 Å². The second-order valence-electron chi connectivity index (χ2n) is 7.52. The van der Waals surface area contributed by atoms with Crippen LogP contribution in [0.1, 0.15) is 38.0 Å². The van der Waals surface area contributed by atoms with Crippen molar-refractivity contribution in [2.45, 2.75) is 44.9 Å². The minimum atomic E-state index is -4.71. The fraction of sp³-hybridized carbons (Fsp3) is 0.700. The number of benzene rings is 1. The van der Waals surface area contributed by atoms with Gasteiger partial charge in [-0.2, -0.15) is 13.2 Å². The van der Waals surface area contributed by atoms with Gasteiger partial charge in [0.1, 0.15) is 0 Å². The zero-order chi connectivity index (χ0) is 21.7. The summed E-state index contributed by atoms with van der Waals surface area (Å²) < 4.78 is 91.6. The number of halogens is 5. The normalized spacial score (nSPS) is 27.8. The average molecular weight is 440 g/mol. The van der Waals surface area contributed by atoms with Crippen molar-refractivity contribution in [3.05, 3.63) is 29.3 Å². The fourth-order valence-corrected chi connectivity index (χ4v) is 3.36. The molecule has 0 aromatic heterocycles. The van der Waals surface area contributed by atoms with Crippen molar-refractivity contribution in [1.82, 2.24) is 0 Å². The predicted octanol–water partition coefficient (Wildman–Crippen LogP) is 4.75. The summed E-state index contributed by atoms with van der Waals surface area (Å²) >= 11 is 0. The molecule has 1 aromatic rings. The van der Waals surface area contributed by atoms with E-state index in [4.69, 9.17) is 18.9 Å². The summed E-state index contributed by atoms with van der Waals surface area (Å²) in [5.41, 5.74) is 0.00733. The second-order valence-corrected chi connectivity index (χ2v) is 7.52. The predicted molar refractivity (Wildman–Crippen MR) is 94.8 cm³/mol. The summed E-state index contributed by atoms with van der Waals surface area (Å²) in [7, 11) is 0. The van der Waals surface area contributed by atoms with E-state index in [1.165, 1.54) is 0 Å². The van der Waals surface area contributed by atoms with Gasteiger partial charge >= 0.3 is 6.18 Å². The summed E-state index contributed by atoms with van der Waals surface area (Å²) in [6.45, 7) is 1.90. The number of rotatable bonds is 7. The zero-order valence-corrected chi connectivity index (χ0v) is 16.6. The average Bonchev–Trinajstić information content (AvgIpc) is 2.71. The van der Waals surface area contributed by atoms with Crippen LogP contribution in [-0.2, 0) is 18.9 Å². The Bertz CT molecular complexity index is 660. The summed E-state index contributed by atoms with van der Waals surface area (Å²) in [4.78, 5) is 0. The fourth-order valence-electron chi connectivity index (χ4n) is 3.36. The van der Waals surface area contributed by atoms with Crippen molar-refractivity contribution < 1.29 is 45.6 Å². The van der Waals surface area contributed by atoms with E-state index in [9.17, 15) is 22.0 Å². The Morgan fingerprint density at radius 3 is 2.10 bits per heavy atom. The highest BCUT2D eigenvalue weighted by molar-refractivity contribution is 5.32. The number of hydrogen-bond acceptors (Lipinski definition) is 5. The first-order chi connectivity index (χ1) is 14.3. The molecule has 0 N–H and O–H groups in total. The molecule has 0 bridgehead atoms. The van der Waals surface area contributed by atoms with E-state index in [0.717, 1.165) is 31.4 Å². The van der Waals surface area contributed by atoms with E-state index >= 15 is 0 Å². The molecule has 2 aliphatic heterocycles. The smallest absolute Gasteiger partial charge is 0.422 e. The van der Waals surface area contributed by atoms with E-state index in [-0.39, 0.29) is 24.7 Å². The molecule has 0 aliphatic carbocycles. The highest BCUT2D eigenvalue weighted by Crippen LogP contribution is 2.33. The third-order valence-electron chi connectivity index (χ3n) is 4.94. The van der Waals surface area contributed by atoms with E-state index in [1.54, 1.807) is 0 Å². The Morgan fingerprint density at radius 2 is 1.57 bits per heavy atom. The molecule has 0 radical (unpaired) electrons. The Balaban J connectivity index is 1.51. The van der Waals surface area contributed by atoms with Crippen LogP contribution >= 0.6 is 0 Å². The van der Waals surface area contributed by atoms with Crippen molar-refractivity contribution in [2.24, 2.45) is 11.8 Å². The van der Waals surface area contributed by atoms with Crippen LogP contribution in [0.5, 0.6) is 5.75 Å². The molecule has 5 nitrogen and oxygen atoms in total. The lowest BCUT2D eigenvalue weighted by Crippen LogP contribution is -2.43. The molecular weight excluding hydrogens is 415 g/mol. The van der Waals surface area contributed by atoms with Crippen LogP contribution in [0.15, 0.2) is 12.1 Å². The minimum absolute atomic E-state index is 0.00733. The third-order valence-corrected chi connectivity index (χ3v) is 4.94. The summed E-state index contributed by atoms with van der Waals surface area (Å²) in [6, 6.07) is 1.68. The largest absolute Gasteiger partial charge is 0.478 e. The van der Waals surface area contributed by atoms with Crippen LogP contribution in [0, 0.1) is 23.5 Å². The first-order valence-corrected chi connectivity index (χ1v) is 9.91. The van der Waals surface area contributed by atoms with Crippen LogP contribution < -0.4 is 4.74 Å². The zero-order valence-electron chi connectivity index (χ0n) is 16.6. The van der Waals surface area contributed by atoms with Gasteiger partial charge in [0.25, 0.3) is 0 Å². The third kappa shape index (κ3) is 6.26. The van der Waals surface area contributed by atoms with Gasteiger partial charge in [0.2, 0.25) is 0 Å². The van der Waals surface area contributed by atoms with E-state index in [0.29, 0.717) is 19.1 Å². The first-order valence-electron chi connectivity index (χ1n) is 9.91. The maximum atomic E-state index is 14.1. The second kappa shape index (κ2) is 10.2.